The fraction of sp³-hybridized carbons (Fsp3) is 0.0714. The first-order valence-corrected chi connectivity index (χ1v) is 6.51. The standard InChI is InChI=1S/C14H14FN7/c1-22-8-11(6-18-22)20-14-17-7-12(15)13(21-14)19-10-4-2-3-9(16)5-10/h2-8H,16H2,1H3,(H2,17,19,20,21). The second-order valence-electron chi connectivity index (χ2n) is 4.67. The first-order chi connectivity index (χ1) is 10.6. The summed E-state index contributed by atoms with van der Waals surface area (Å²) in [5, 5.41) is 9.86. The van der Waals surface area contributed by atoms with E-state index in [4.69, 9.17) is 5.73 Å². The number of aryl methyl sites for hydroxylation is 1. The molecule has 0 aliphatic heterocycles. The van der Waals surface area contributed by atoms with E-state index in [1.807, 2.05) is 0 Å². The van der Waals surface area contributed by atoms with Gasteiger partial charge in [0.2, 0.25) is 5.95 Å². The molecule has 7 nitrogen and oxygen atoms in total. The Hall–Kier alpha value is -3.16. The second-order valence-corrected chi connectivity index (χ2v) is 4.67. The Morgan fingerprint density at radius 3 is 2.77 bits per heavy atom. The van der Waals surface area contributed by atoms with Crippen molar-refractivity contribution in [1.82, 2.24) is 19.7 Å². The monoisotopic (exact) mass is 299 g/mol. The minimum atomic E-state index is -0.556. The van der Waals surface area contributed by atoms with Crippen molar-refractivity contribution >= 4 is 28.8 Å². The van der Waals surface area contributed by atoms with Gasteiger partial charge < -0.3 is 16.4 Å². The van der Waals surface area contributed by atoms with Crippen molar-refractivity contribution in [2.24, 2.45) is 7.05 Å². The number of aromatic nitrogens is 4. The van der Waals surface area contributed by atoms with E-state index >= 15 is 0 Å². The third-order valence-electron chi connectivity index (χ3n) is 2.85. The van der Waals surface area contributed by atoms with Crippen LogP contribution >= 0.6 is 0 Å². The molecule has 22 heavy (non-hydrogen) atoms. The molecule has 0 spiro atoms. The highest BCUT2D eigenvalue weighted by Gasteiger charge is 2.08. The van der Waals surface area contributed by atoms with Crippen LogP contribution in [0.4, 0.5) is 33.2 Å². The highest BCUT2D eigenvalue weighted by Crippen LogP contribution is 2.21. The SMILES string of the molecule is Cn1cc(Nc2ncc(F)c(Nc3cccc(N)c3)n2)cn1. The smallest absolute Gasteiger partial charge is 0.229 e. The van der Waals surface area contributed by atoms with Gasteiger partial charge in [-0.2, -0.15) is 10.1 Å². The Morgan fingerprint density at radius 2 is 2.05 bits per heavy atom. The minimum Gasteiger partial charge on any atom is -0.399 e. The summed E-state index contributed by atoms with van der Waals surface area (Å²) in [6, 6.07) is 6.98. The summed E-state index contributed by atoms with van der Waals surface area (Å²) in [4.78, 5) is 8.02. The Bertz CT molecular complexity index is 799. The lowest BCUT2D eigenvalue weighted by Gasteiger charge is -2.09. The number of nitrogens with two attached hydrogens (primary N) is 1. The zero-order valence-electron chi connectivity index (χ0n) is 11.8. The molecule has 0 aliphatic rings. The van der Waals surface area contributed by atoms with E-state index in [1.165, 1.54) is 0 Å². The molecule has 2 heterocycles. The van der Waals surface area contributed by atoms with E-state index < -0.39 is 5.82 Å². The quantitative estimate of drug-likeness (QED) is 0.641. The molecule has 112 valence electrons. The Kier molecular flexibility index (Phi) is 3.57. The van der Waals surface area contributed by atoms with Crippen LogP contribution in [0.5, 0.6) is 0 Å². The fourth-order valence-corrected chi connectivity index (χ4v) is 1.88. The molecule has 0 atom stereocenters. The lowest BCUT2D eigenvalue weighted by molar-refractivity contribution is 0.619. The van der Waals surface area contributed by atoms with Crippen LogP contribution in [0.2, 0.25) is 0 Å². The molecule has 8 heteroatoms. The number of hydrogen-bond acceptors (Lipinski definition) is 6. The van der Waals surface area contributed by atoms with Crippen molar-refractivity contribution in [3.8, 4) is 0 Å². The normalized spacial score (nSPS) is 10.5. The largest absolute Gasteiger partial charge is 0.399 e. The molecular weight excluding hydrogens is 285 g/mol. The third-order valence-corrected chi connectivity index (χ3v) is 2.85. The summed E-state index contributed by atoms with van der Waals surface area (Å²) >= 11 is 0. The molecule has 0 saturated heterocycles. The number of nitrogen functional groups attached to an aromatic ring is 1. The van der Waals surface area contributed by atoms with Gasteiger partial charge in [-0.3, -0.25) is 4.68 Å². The summed E-state index contributed by atoms with van der Waals surface area (Å²) in [7, 11) is 1.80. The highest BCUT2D eigenvalue weighted by atomic mass is 19.1. The summed E-state index contributed by atoms with van der Waals surface area (Å²) in [5.74, 6) is -0.230. The predicted octanol–water partition coefficient (Wildman–Crippen LogP) is 2.42. The average Bonchev–Trinajstić information content (AvgIpc) is 2.88. The van der Waals surface area contributed by atoms with Crippen molar-refractivity contribution in [1.29, 1.82) is 0 Å². The maximum atomic E-state index is 13.8. The van der Waals surface area contributed by atoms with E-state index in [0.717, 1.165) is 6.20 Å². The second kappa shape index (κ2) is 5.68. The molecule has 0 aliphatic carbocycles. The van der Waals surface area contributed by atoms with Gasteiger partial charge in [0.15, 0.2) is 11.6 Å². The highest BCUT2D eigenvalue weighted by molar-refractivity contribution is 5.62. The van der Waals surface area contributed by atoms with Crippen molar-refractivity contribution in [2.75, 3.05) is 16.4 Å². The van der Waals surface area contributed by atoms with Crippen LogP contribution in [0.1, 0.15) is 0 Å². The van der Waals surface area contributed by atoms with Gasteiger partial charge in [-0.05, 0) is 18.2 Å². The molecule has 0 bridgehead atoms. The lowest BCUT2D eigenvalue weighted by atomic mass is 10.3. The molecule has 0 amide bonds. The number of nitrogens with zero attached hydrogens (tertiary/aromatic N) is 4. The Labute approximate surface area is 126 Å². The van der Waals surface area contributed by atoms with Crippen LogP contribution in [-0.4, -0.2) is 19.7 Å². The molecular formula is C14H14FN7. The predicted molar refractivity (Wildman–Crippen MR) is 82.6 cm³/mol. The van der Waals surface area contributed by atoms with E-state index in [9.17, 15) is 4.39 Å². The molecule has 4 N–H and O–H groups in total. The molecule has 2 aromatic heterocycles. The van der Waals surface area contributed by atoms with Crippen molar-refractivity contribution < 1.29 is 4.39 Å². The van der Waals surface area contributed by atoms with Crippen molar-refractivity contribution in [3.63, 3.8) is 0 Å². The zero-order chi connectivity index (χ0) is 15.5. The molecule has 1 aromatic carbocycles. The summed E-state index contributed by atoms with van der Waals surface area (Å²) in [5.41, 5.74) is 7.63. The number of hydrogen-bond donors (Lipinski definition) is 3. The van der Waals surface area contributed by atoms with Gasteiger partial charge >= 0.3 is 0 Å². The summed E-state index contributed by atoms with van der Waals surface area (Å²) in [6.45, 7) is 0. The minimum absolute atomic E-state index is 0.0620. The van der Waals surface area contributed by atoms with Crippen molar-refractivity contribution in [3.05, 3.63) is 48.7 Å². The van der Waals surface area contributed by atoms with Crippen LogP contribution in [0.25, 0.3) is 0 Å². The van der Waals surface area contributed by atoms with Gasteiger partial charge in [0.1, 0.15) is 0 Å². The van der Waals surface area contributed by atoms with Gasteiger partial charge in [0.05, 0.1) is 18.1 Å². The van der Waals surface area contributed by atoms with Crippen LogP contribution in [-0.2, 0) is 7.05 Å². The molecule has 0 saturated carbocycles. The topological polar surface area (TPSA) is 93.7 Å². The number of benzene rings is 1. The van der Waals surface area contributed by atoms with E-state index in [0.29, 0.717) is 17.1 Å². The molecule has 0 unspecified atom stereocenters. The maximum Gasteiger partial charge on any atom is 0.229 e. The van der Waals surface area contributed by atoms with Crippen molar-refractivity contribution in [2.45, 2.75) is 0 Å². The Morgan fingerprint density at radius 1 is 1.18 bits per heavy atom. The zero-order valence-corrected chi connectivity index (χ0v) is 11.8. The first kappa shape index (κ1) is 13.8. The molecule has 0 fully saturated rings. The fourth-order valence-electron chi connectivity index (χ4n) is 1.88. The number of anilines is 5. The van der Waals surface area contributed by atoms with Crippen LogP contribution in [0, 0.1) is 5.82 Å². The maximum absolute atomic E-state index is 13.8. The van der Waals surface area contributed by atoms with E-state index in [2.05, 4.69) is 25.7 Å². The van der Waals surface area contributed by atoms with E-state index in [-0.39, 0.29) is 11.8 Å². The molecule has 3 aromatic rings. The Balaban J connectivity index is 1.83. The summed E-state index contributed by atoms with van der Waals surface area (Å²) < 4.78 is 15.5. The van der Waals surface area contributed by atoms with E-state index in [1.54, 1.807) is 48.4 Å². The van der Waals surface area contributed by atoms with Gasteiger partial charge in [-0.25, -0.2) is 9.37 Å². The average molecular weight is 299 g/mol. The van der Waals surface area contributed by atoms with Crippen LogP contribution in [0.3, 0.4) is 0 Å². The molecule has 0 radical (unpaired) electrons. The van der Waals surface area contributed by atoms with Gasteiger partial charge in [0, 0.05) is 24.6 Å². The lowest BCUT2D eigenvalue weighted by Crippen LogP contribution is -2.03. The van der Waals surface area contributed by atoms with Crippen LogP contribution in [0.15, 0.2) is 42.9 Å². The number of halogens is 1. The van der Waals surface area contributed by atoms with Gasteiger partial charge in [-0.15, -0.1) is 0 Å². The van der Waals surface area contributed by atoms with Gasteiger partial charge in [-0.1, -0.05) is 6.07 Å². The summed E-state index contributed by atoms with van der Waals surface area (Å²) in [6.07, 6.45) is 4.48. The number of nitrogens with one attached hydrogen (secondary N) is 2. The van der Waals surface area contributed by atoms with Gasteiger partial charge in [0.25, 0.3) is 0 Å². The number of rotatable bonds is 4. The van der Waals surface area contributed by atoms with Crippen LogP contribution < -0.4 is 16.4 Å². The first-order valence-electron chi connectivity index (χ1n) is 6.51. The third kappa shape index (κ3) is 3.11. The molecule has 3 rings (SSSR count).